The molecule has 703 valence electrons. The van der Waals surface area contributed by atoms with Crippen molar-refractivity contribution in [2.24, 2.45) is 0 Å². The Labute approximate surface area is 870 Å². The molecule has 0 unspecified atom stereocenters. The van der Waals surface area contributed by atoms with Crippen LogP contribution in [-0.4, -0.2) is 21.6 Å². The number of nitrogens with zero attached hydrogens (tertiary/aromatic N) is 5. The molecule has 0 spiro atoms. The lowest BCUT2D eigenvalue weighted by Gasteiger charge is -2.29. The van der Waals surface area contributed by atoms with Gasteiger partial charge in [0.25, 0.3) is 0 Å². The summed E-state index contributed by atoms with van der Waals surface area (Å²) in [6, 6.07) is 194. The third kappa shape index (κ3) is 17.4. The van der Waals surface area contributed by atoms with Gasteiger partial charge in [-0.25, -0.2) is 0 Å². The standard InChI is InChI=1S/C52H42N2.C44H32N2.C34H22.C9H7NO.CH4.Al.H2.H/c1-51(2)45-31-39(53(35-19-9-5-10-20-35)36-21-11-6-12-22-36)29-30-40(45)43-32-47-44(33-46(43)51)50-42-28-18-17-27-41(42)49(34-48(50)52(47,3)4)54(37-23-13-7-14-24-37)38-25-15-8-16-26-38;1-3-16-38(17-4-1)45(42-31-26-33-12-7-8-14-37(33)32-42)40-27-22-34(23-28-40)35-24-29-41(30-25-35)46(39-18-5-2-6-19-39)44-21-11-15-36-13-9-10-20-43(36)44;1-3-15-25-23(11-1)13-9-21-27(25)33-29-17-5-7-19-31(29)34(32-20-8-6-18-30(32)33)28-22-10-14-24-12-2-4-16-26(24)28;11-8-5-1-3-7-4-2-6-10-9(7)8;;;;/h5-34H,1-4H3;1-32H;1-22H;1-6,11H;1H4;;1H;/q;;;;;+1;;/p-1. The number of hydrogen-bond donors (Lipinski definition) is 0. The van der Waals surface area contributed by atoms with Gasteiger partial charge in [0.05, 0.1) is 11.4 Å². The number of rotatable bonds is 16. The zero-order valence-corrected chi connectivity index (χ0v) is 83.2. The molecule has 0 bridgehead atoms. The number of benzene rings is 24. The van der Waals surface area contributed by atoms with E-state index in [0.717, 1.165) is 73.5 Å². The Morgan fingerprint density at radius 3 is 1.01 bits per heavy atom. The maximum atomic E-state index is 5.19. The molecular formula is C140H109AlN5O. The van der Waals surface area contributed by atoms with Crippen LogP contribution < -0.4 is 23.4 Å². The van der Waals surface area contributed by atoms with Crippen molar-refractivity contribution >= 4 is 171 Å². The highest BCUT2D eigenvalue weighted by molar-refractivity contribution is 6.25. The normalized spacial score (nSPS) is 12.2. The van der Waals surface area contributed by atoms with E-state index in [9.17, 15) is 0 Å². The molecule has 0 saturated carbocycles. The maximum absolute atomic E-state index is 5.19. The summed E-state index contributed by atoms with van der Waals surface area (Å²) in [5.41, 5.74) is 32.8. The molecule has 24 aromatic carbocycles. The fraction of sp³-hybridized carbons (Fsp3) is 0.0500. The number of hydrogen-bond acceptors (Lipinski definition) is 6. The zero-order chi connectivity index (χ0) is 98.2. The average molecular weight is 1900 g/mol. The highest BCUT2D eigenvalue weighted by atomic mass is 27.1. The van der Waals surface area contributed by atoms with Crippen molar-refractivity contribution in [2.75, 3.05) is 19.6 Å². The van der Waals surface area contributed by atoms with Crippen molar-refractivity contribution < 1.29 is 5.22 Å². The highest BCUT2D eigenvalue weighted by Crippen LogP contribution is 2.61. The van der Waals surface area contributed by atoms with Gasteiger partial charge in [-0.2, -0.15) is 0 Å². The zero-order valence-electron chi connectivity index (χ0n) is 81.8. The Kier molecular flexibility index (Phi) is 25.3. The maximum Gasteiger partial charge on any atom is 0.494 e. The largest absolute Gasteiger partial charge is 0.649 e. The molecule has 2 aliphatic carbocycles. The monoisotopic (exact) mass is 1900 g/mol. The van der Waals surface area contributed by atoms with E-state index >= 15 is 0 Å². The van der Waals surface area contributed by atoms with Crippen molar-refractivity contribution in [1.82, 2.24) is 4.98 Å². The van der Waals surface area contributed by atoms with Crippen molar-refractivity contribution in [2.45, 2.75) is 46.0 Å². The third-order valence-electron chi connectivity index (χ3n) is 29.4. The van der Waals surface area contributed by atoms with Gasteiger partial charge in [0.1, 0.15) is 11.3 Å². The molecule has 7 heteroatoms. The first-order valence-corrected chi connectivity index (χ1v) is 50.8. The second-order valence-corrected chi connectivity index (χ2v) is 38.9. The lowest BCUT2D eigenvalue weighted by molar-refractivity contribution is 0.622. The van der Waals surface area contributed by atoms with Crippen LogP contribution in [0.2, 0.25) is 0 Å². The number of aromatic nitrogens is 1. The fourth-order valence-electron chi connectivity index (χ4n) is 22.4. The van der Waals surface area contributed by atoms with Crippen molar-refractivity contribution in [3.63, 3.8) is 0 Å². The quantitative estimate of drug-likeness (QED) is 0.0709. The summed E-state index contributed by atoms with van der Waals surface area (Å²) < 4.78 is 5.19. The minimum absolute atomic E-state index is 0. The predicted molar refractivity (Wildman–Crippen MR) is 630 cm³/mol. The van der Waals surface area contributed by atoms with E-state index in [2.05, 4.69) is 562 Å². The van der Waals surface area contributed by atoms with Gasteiger partial charge in [0.2, 0.25) is 0 Å². The topological polar surface area (TPSA) is 35.1 Å². The predicted octanol–water partition coefficient (Wildman–Crippen LogP) is 38.9. The second-order valence-electron chi connectivity index (χ2n) is 38.6. The van der Waals surface area contributed by atoms with Crippen molar-refractivity contribution in [3.8, 4) is 61.4 Å². The molecule has 147 heavy (non-hydrogen) atoms. The molecule has 2 aliphatic rings. The Bertz CT molecular complexity index is 8880. The molecule has 1 radical (unpaired) electrons. The lowest BCUT2D eigenvalue weighted by Crippen LogP contribution is -2.18. The highest BCUT2D eigenvalue weighted by Gasteiger charge is 2.44. The number of anilines is 12. The minimum atomic E-state index is -0.207. The van der Waals surface area contributed by atoms with E-state index in [0.29, 0.717) is 0 Å². The number of fused-ring (bicyclic) bond motifs is 15. The van der Waals surface area contributed by atoms with Gasteiger partial charge in [-0.05, 0) is 300 Å². The molecule has 6 nitrogen and oxygen atoms in total. The van der Waals surface area contributed by atoms with Gasteiger partial charge in [0.15, 0.2) is 0 Å². The summed E-state index contributed by atoms with van der Waals surface area (Å²) in [5.74, 6) is 0.839. The SMILES string of the molecule is C.CC1(C)c2cc(N(c3ccccc3)c3ccccc3)ccc2-c2cc3c(cc21)-c1c(cc(N(c2ccccc2)c2ccccc2)c2ccccc12)C3(C)C.[AlH][O]c1cccc2cccnc12.[HH].c1ccc(N(c2ccc(-c3ccc(N(c4ccccc4)c4cccc5ccccc45)cc3)cc2)c2ccc3ccccc3c2)cc1.c1ccc2c(-c3c4ccccc4c(-c4cccc5ccccc45)c4ccccc34)cccc2c1. The molecule has 25 aromatic rings. The number of para-hydroxylation sites is 7. The Morgan fingerprint density at radius 1 is 0.204 bits per heavy atom. The van der Waals surface area contributed by atoms with Crippen LogP contribution in [0.3, 0.4) is 0 Å². The summed E-state index contributed by atoms with van der Waals surface area (Å²) in [5, 5.41) is 18.9. The van der Waals surface area contributed by atoms with Crippen LogP contribution in [0.1, 0.15) is 58.8 Å². The molecule has 0 saturated heterocycles. The molecule has 0 atom stereocenters. The van der Waals surface area contributed by atoms with Crippen LogP contribution in [0.4, 0.5) is 68.2 Å². The van der Waals surface area contributed by atoms with Crippen molar-refractivity contribution in [3.05, 3.63) is 568 Å². The molecule has 0 amide bonds. The van der Waals surface area contributed by atoms with Gasteiger partial charge in [-0.1, -0.05) is 417 Å². The molecule has 0 fully saturated rings. The smallest absolute Gasteiger partial charge is 0.494 e. The third-order valence-corrected chi connectivity index (χ3v) is 29.7. The summed E-state index contributed by atoms with van der Waals surface area (Å²) in [6.07, 6.45) is 1.77. The molecule has 0 aliphatic heterocycles. The molecule has 0 N–H and O–H groups in total. The second kappa shape index (κ2) is 40.1. The fourth-order valence-corrected chi connectivity index (χ4v) is 22.7. The van der Waals surface area contributed by atoms with E-state index < -0.39 is 0 Å². The van der Waals surface area contributed by atoms with E-state index in [1.807, 2.05) is 30.3 Å². The first-order valence-electron chi connectivity index (χ1n) is 50.2. The summed E-state index contributed by atoms with van der Waals surface area (Å²) in [7, 11) is 0. The Hall–Kier alpha value is -18.0. The average Bonchev–Trinajstić information content (AvgIpc) is 1.52. The van der Waals surface area contributed by atoms with Gasteiger partial charge in [0, 0.05) is 91.5 Å². The van der Waals surface area contributed by atoms with Gasteiger partial charge in [-0.15, -0.1) is 0 Å². The van der Waals surface area contributed by atoms with Crippen LogP contribution in [0.5, 0.6) is 5.75 Å². The van der Waals surface area contributed by atoms with E-state index in [-0.39, 0.29) is 19.7 Å². The van der Waals surface area contributed by atoms with E-state index in [1.165, 1.54) is 181 Å². The molecular weight excluding hydrogens is 1790 g/mol. The summed E-state index contributed by atoms with van der Waals surface area (Å²) >= 11 is 1.47. The molecule has 1 heterocycles. The summed E-state index contributed by atoms with van der Waals surface area (Å²) in [6.45, 7) is 9.64. The lowest BCUT2D eigenvalue weighted by atomic mass is 9.79. The Morgan fingerprint density at radius 2 is 0.524 bits per heavy atom. The van der Waals surface area contributed by atoms with Crippen LogP contribution in [-0.2, 0) is 10.8 Å². The first kappa shape index (κ1) is 92.7. The van der Waals surface area contributed by atoms with Crippen LogP contribution in [0.15, 0.2) is 546 Å². The molecule has 1 aromatic heterocycles. The summed E-state index contributed by atoms with van der Waals surface area (Å²) in [4.78, 5) is 13.7. The van der Waals surface area contributed by atoms with Gasteiger partial charge in [-0.3, -0.25) is 4.98 Å². The van der Waals surface area contributed by atoms with Crippen LogP contribution in [0, 0.1) is 0 Å². The van der Waals surface area contributed by atoms with Crippen LogP contribution in [0.25, 0.3) is 142 Å². The Balaban J connectivity index is 0.000000120. The van der Waals surface area contributed by atoms with Crippen LogP contribution >= 0.6 is 0 Å². The minimum Gasteiger partial charge on any atom is -0.649 e. The first-order chi connectivity index (χ1) is 71.9. The van der Waals surface area contributed by atoms with Gasteiger partial charge < -0.3 is 23.4 Å². The van der Waals surface area contributed by atoms with Crippen molar-refractivity contribution in [1.29, 1.82) is 0 Å². The van der Waals surface area contributed by atoms with E-state index in [1.54, 1.807) is 6.20 Å². The number of pyridine rings is 1. The van der Waals surface area contributed by atoms with Gasteiger partial charge >= 0.3 is 16.6 Å². The van der Waals surface area contributed by atoms with E-state index in [4.69, 9.17) is 3.79 Å². The molecule has 27 rings (SSSR count).